The van der Waals surface area contributed by atoms with Crippen LogP contribution in [0.25, 0.3) is 0 Å². The zero-order chi connectivity index (χ0) is 11.2. The van der Waals surface area contributed by atoms with Gasteiger partial charge in [0, 0.05) is 6.04 Å². The van der Waals surface area contributed by atoms with Gasteiger partial charge in [-0.25, -0.2) is 0 Å². The maximum Gasteiger partial charge on any atom is 0.0986 e. The summed E-state index contributed by atoms with van der Waals surface area (Å²) in [6, 6.07) is 3.15. The van der Waals surface area contributed by atoms with Crippen LogP contribution in [0.3, 0.4) is 0 Å². The highest BCUT2D eigenvalue weighted by molar-refractivity contribution is 5.02. The van der Waals surface area contributed by atoms with Gasteiger partial charge < -0.3 is 0 Å². The van der Waals surface area contributed by atoms with Gasteiger partial charge in [-0.1, -0.05) is 31.4 Å². The Kier molecular flexibility index (Phi) is 4.42. The van der Waals surface area contributed by atoms with Gasteiger partial charge in [0.1, 0.15) is 0 Å². The largest absolute Gasteiger partial charge is 0.299 e. The van der Waals surface area contributed by atoms with Crippen LogP contribution in [0.4, 0.5) is 0 Å². The summed E-state index contributed by atoms with van der Waals surface area (Å²) in [5, 5.41) is 12.9. The predicted molar refractivity (Wildman–Crippen MR) is 65.9 cm³/mol. The quantitative estimate of drug-likeness (QED) is 0.739. The van der Waals surface area contributed by atoms with Crippen LogP contribution in [-0.4, -0.2) is 12.1 Å². The van der Waals surface area contributed by atoms with Crippen molar-refractivity contribution in [1.82, 2.24) is 5.32 Å². The Bertz CT molecular complexity index is 271. The first-order valence-electron chi connectivity index (χ1n) is 6.71. The molecule has 0 saturated heterocycles. The average molecular weight is 218 g/mol. The second-order valence-corrected chi connectivity index (χ2v) is 5.15. The molecular weight excluding hydrogens is 196 g/mol. The lowest BCUT2D eigenvalue weighted by atomic mass is 9.86. The summed E-state index contributed by atoms with van der Waals surface area (Å²) in [7, 11) is 0. The Balaban J connectivity index is 1.84. The van der Waals surface area contributed by atoms with Crippen molar-refractivity contribution in [3.05, 3.63) is 12.2 Å². The van der Waals surface area contributed by atoms with Crippen molar-refractivity contribution in [2.75, 3.05) is 0 Å². The maximum atomic E-state index is 9.27. The molecule has 0 heterocycles. The van der Waals surface area contributed by atoms with Crippen molar-refractivity contribution >= 4 is 0 Å². The summed E-state index contributed by atoms with van der Waals surface area (Å²) in [4.78, 5) is 0. The zero-order valence-electron chi connectivity index (χ0n) is 9.99. The zero-order valence-corrected chi connectivity index (χ0v) is 9.99. The molecule has 2 heteroatoms. The van der Waals surface area contributed by atoms with E-state index in [1.807, 2.05) is 0 Å². The number of hydrogen-bond acceptors (Lipinski definition) is 2. The molecule has 16 heavy (non-hydrogen) atoms. The van der Waals surface area contributed by atoms with Crippen LogP contribution in [0, 0.1) is 17.2 Å². The number of rotatable bonds is 3. The van der Waals surface area contributed by atoms with E-state index < -0.39 is 0 Å². The van der Waals surface area contributed by atoms with E-state index in [0.29, 0.717) is 12.0 Å². The first kappa shape index (κ1) is 11.7. The molecule has 2 rings (SSSR count). The van der Waals surface area contributed by atoms with E-state index in [4.69, 9.17) is 0 Å². The highest BCUT2D eigenvalue weighted by atomic mass is 15.0. The van der Waals surface area contributed by atoms with Gasteiger partial charge in [-0.2, -0.15) is 5.26 Å². The molecule has 1 saturated carbocycles. The number of nitrogens with one attached hydrogen (secondary N) is 1. The smallest absolute Gasteiger partial charge is 0.0986 e. The number of hydrogen-bond donors (Lipinski definition) is 1. The number of nitrogens with zero attached hydrogens (tertiary/aromatic N) is 1. The summed E-state index contributed by atoms with van der Waals surface area (Å²) >= 11 is 0. The molecule has 1 fully saturated rings. The lowest BCUT2D eigenvalue weighted by molar-refractivity contribution is 0.302. The molecule has 0 bridgehead atoms. The van der Waals surface area contributed by atoms with E-state index in [-0.39, 0.29) is 6.04 Å². The summed E-state index contributed by atoms with van der Waals surface area (Å²) in [6.07, 6.45) is 14.5. The second-order valence-electron chi connectivity index (χ2n) is 5.15. The standard InChI is InChI=1S/C14H22N2/c15-11-14(12-7-3-1-4-8-12)16-13-9-5-2-6-10-13/h1,3,12-14,16H,2,4-10H2. The fourth-order valence-electron chi connectivity index (χ4n) is 2.92. The molecule has 2 aliphatic carbocycles. The first-order valence-corrected chi connectivity index (χ1v) is 6.71. The fraction of sp³-hybridized carbons (Fsp3) is 0.786. The van der Waals surface area contributed by atoms with Crippen LogP contribution >= 0.6 is 0 Å². The normalized spacial score (nSPS) is 28.6. The van der Waals surface area contributed by atoms with Crippen LogP contribution in [0.1, 0.15) is 51.4 Å². The van der Waals surface area contributed by atoms with Gasteiger partial charge >= 0.3 is 0 Å². The molecule has 0 aromatic heterocycles. The van der Waals surface area contributed by atoms with Crippen molar-refractivity contribution in [2.24, 2.45) is 5.92 Å². The molecule has 2 nitrogen and oxygen atoms in total. The van der Waals surface area contributed by atoms with Crippen LogP contribution in [0.5, 0.6) is 0 Å². The molecule has 0 aromatic rings. The Morgan fingerprint density at radius 2 is 1.94 bits per heavy atom. The Hall–Kier alpha value is -0.810. The van der Waals surface area contributed by atoms with Crippen molar-refractivity contribution in [3.63, 3.8) is 0 Å². The highest BCUT2D eigenvalue weighted by Crippen LogP contribution is 2.24. The molecule has 1 N–H and O–H groups in total. The summed E-state index contributed by atoms with van der Waals surface area (Å²) in [5.74, 6) is 0.539. The minimum atomic E-state index is 0.0769. The molecule has 88 valence electrons. The molecule has 2 aliphatic rings. The Morgan fingerprint density at radius 1 is 1.12 bits per heavy atom. The van der Waals surface area contributed by atoms with Crippen LogP contribution in [-0.2, 0) is 0 Å². The van der Waals surface area contributed by atoms with Gasteiger partial charge in [-0.05, 0) is 38.0 Å². The topological polar surface area (TPSA) is 35.8 Å². The summed E-state index contributed by atoms with van der Waals surface area (Å²) < 4.78 is 0. The van der Waals surface area contributed by atoms with E-state index in [1.165, 1.54) is 38.5 Å². The Labute approximate surface area is 98.7 Å². The van der Waals surface area contributed by atoms with E-state index in [0.717, 1.165) is 12.8 Å². The van der Waals surface area contributed by atoms with Gasteiger partial charge in [0.05, 0.1) is 12.1 Å². The monoisotopic (exact) mass is 218 g/mol. The molecule has 0 aromatic carbocycles. The minimum Gasteiger partial charge on any atom is -0.299 e. The second kappa shape index (κ2) is 6.06. The lowest BCUT2D eigenvalue weighted by Gasteiger charge is -2.30. The molecule has 0 aliphatic heterocycles. The van der Waals surface area contributed by atoms with E-state index in [2.05, 4.69) is 23.5 Å². The van der Waals surface area contributed by atoms with Crippen molar-refractivity contribution in [2.45, 2.75) is 63.5 Å². The first-order chi connectivity index (χ1) is 7.90. The molecular formula is C14H22N2. The molecule has 0 radical (unpaired) electrons. The van der Waals surface area contributed by atoms with Gasteiger partial charge in [-0.3, -0.25) is 5.32 Å². The van der Waals surface area contributed by atoms with Gasteiger partial charge in [-0.15, -0.1) is 0 Å². The summed E-state index contributed by atoms with van der Waals surface area (Å²) in [6.45, 7) is 0. The lowest BCUT2D eigenvalue weighted by Crippen LogP contribution is -2.43. The third-order valence-corrected chi connectivity index (χ3v) is 3.94. The van der Waals surface area contributed by atoms with Crippen molar-refractivity contribution in [3.8, 4) is 6.07 Å². The molecule has 2 unspecified atom stereocenters. The SMILES string of the molecule is N#CC(NC1CCCCC1)C1CC=CCC1. The molecule has 0 spiro atoms. The average Bonchev–Trinajstić information content (AvgIpc) is 2.38. The molecule has 0 amide bonds. The van der Waals surface area contributed by atoms with Crippen LogP contribution in [0.2, 0.25) is 0 Å². The van der Waals surface area contributed by atoms with Crippen molar-refractivity contribution in [1.29, 1.82) is 5.26 Å². The molecule has 2 atom stereocenters. The van der Waals surface area contributed by atoms with E-state index in [9.17, 15) is 5.26 Å². The maximum absolute atomic E-state index is 9.27. The highest BCUT2D eigenvalue weighted by Gasteiger charge is 2.24. The van der Waals surface area contributed by atoms with Gasteiger partial charge in [0.25, 0.3) is 0 Å². The number of allylic oxidation sites excluding steroid dienone is 2. The summed E-state index contributed by atoms with van der Waals surface area (Å²) in [5.41, 5.74) is 0. The van der Waals surface area contributed by atoms with Crippen LogP contribution in [0.15, 0.2) is 12.2 Å². The fourth-order valence-corrected chi connectivity index (χ4v) is 2.92. The van der Waals surface area contributed by atoms with E-state index >= 15 is 0 Å². The third kappa shape index (κ3) is 3.09. The van der Waals surface area contributed by atoms with Crippen LogP contribution < -0.4 is 5.32 Å². The van der Waals surface area contributed by atoms with E-state index in [1.54, 1.807) is 0 Å². The third-order valence-electron chi connectivity index (χ3n) is 3.94. The van der Waals surface area contributed by atoms with Crippen molar-refractivity contribution < 1.29 is 0 Å². The Morgan fingerprint density at radius 3 is 2.56 bits per heavy atom. The van der Waals surface area contributed by atoms with Gasteiger partial charge in [0.2, 0.25) is 0 Å². The minimum absolute atomic E-state index is 0.0769. The predicted octanol–water partition coefficient (Wildman–Crippen LogP) is 3.16. The van der Waals surface area contributed by atoms with Gasteiger partial charge in [0.15, 0.2) is 0 Å². The number of nitriles is 1.